The lowest BCUT2D eigenvalue weighted by Crippen LogP contribution is -2.49. The van der Waals surface area contributed by atoms with Crippen LogP contribution in [0.1, 0.15) is 125 Å². The summed E-state index contributed by atoms with van der Waals surface area (Å²) in [7, 11) is 0. The number of anilines is 3. The summed E-state index contributed by atoms with van der Waals surface area (Å²) in [5, 5.41) is 0. The number of benzene rings is 6. The number of hydrogen-bond donors (Lipinski definition) is 0. The standard InChI is InChI=1S/C56H55N/c1-4-37-33-36-17-14-18-38(34-36)56(37)47-25-11-7-20-41(47)43-22-15-28-51(53(43)56)57(39-29-30-42-40-19-6-9-23-45(40)54(2,3)49(42)35-39)50-27-16-26-48-52(50)44-21-8-10-24-46(44)55(48)31-12-5-13-32-55/h6-11,15-16,19-30,35-38H,4-5,12-14,17-18,31-34H2,1-3H3. The van der Waals surface area contributed by atoms with Crippen LogP contribution in [-0.2, 0) is 16.2 Å². The Hall–Kier alpha value is -4.88. The van der Waals surface area contributed by atoms with Gasteiger partial charge >= 0.3 is 0 Å². The highest BCUT2D eigenvalue weighted by Crippen LogP contribution is 2.68. The number of fused-ring (bicyclic) bond motifs is 16. The van der Waals surface area contributed by atoms with Crippen molar-refractivity contribution in [1.82, 2.24) is 0 Å². The number of nitrogens with zero attached hydrogens (tertiary/aromatic N) is 1. The van der Waals surface area contributed by atoms with Gasteiger partial charge in [-0.25, -0.2) is 0 Å². The molecular weight excluding hydrogens is 687 g/mol. The monoisotopic (exact) mass is 741 g/mol. The lowest BCUT2D eigenvalue weighted by molar-refractivity contribution is 0.0560. The largest absolute Gasteiger partial charge is 0.310 e. The van der Waals surface area contributed by atoms with Gasteiger partial charge < -0.3 is 4.90 Å². The summed E-state index contributed by atoms with van der Waals surface area (Å²) in [5.74, 6) is 2.13. The Kier molecular flexibility index (Phi) is 7.39. The van der Waals surface area contributed by atoms with Crippen molar-refractivity contribution in [3.8, 4) is 33.4 Å². The molecular formula is C56H55N. The number of rotatable bonds is 4. The molecule has 12 rings (SSSR count). The van der Waals surface area contributed by atoms with E-state index in [1.54, 1.807) is 22.3 Å². The van der Waals surface area contributed by atoms with Crippen LogP contribution < -0.4 is 4.90 Å². The maximum Gasteiger partial charge on any atom is 0.0543 e. The average Bonchev–Trinajstić information content (AvgIpc) is 3.80. The van der Waals surface area contributed by atoms with Crippen LogP contribution in [0.2, 0.25) is 0 Å². The smallest absolute Gasteiger partial charge is 0.0543 e. The molecule has 4 atom stereocenters. The third-order valence-corrected chi connectivity index (χ3v) is 16.6. The zero-order chi connectivity index (χ0) is 38.1. The van der Waals surface area contributed by atoms with Gasteiger partial charge in [0, 0.05) is 27.5 Å². The van der Waals surface area contributed by atoms with Crippen molar-refractivity contribution in [3.63, 3.8) is 0 Å². The van der Waals surface area contributed by atoms with E-state index in [9.17, 15) is 0 Å². The lowest BCUT2D eigenvalue weighted by Gasteiger charge is -2.54. The summed E-state index contributed by atoms with van der Waals surface area (Å²) >= 11 is 0. The summed E-state index contributed by atoms with van der Waals surface area (Å²) in [6.45, 7) is 7.38. The molecule has 0 radical (unpaired) electrons. The van der Waals surface area contributed by atoms with Crippen LogP contribution in [-0.4, -0.2) is 0 Å². The van der Waals surface area contributed by atoms with E-state index < -0.39 is 0 Å². The Labute approximate surface area is 340 Å². The molecule has 3 fully saturated rings. The van der Waals surface area contributed by atoms with Crippen LogP contribution in [0.3, 0.4) is 0 Å². The van der Waals surface area contributed by atoms with Gasteiger partial charge in [-0.05, 0) is 135 Å². The van der Waals surface area contributed by atoms with Gasteiger partial charge in [-0.2, -0.15) is 0 Å². The zero-order valence-corrected chi connectivity index (χ0v) is 34.1. The predicted molar refractivity (Wildman–Crippen MR) is 238 cm³/mol. The van der Waals surface area contributed by atoms with Gasteiger partial charge in [0.25, 0.3) is 0 Å². The maximum absolute atomic E-state index is 2.78. The SMILES string of the molecule is CCC1CC2CCCC(C2)C12c1ccccc1-c1cccc(N(c3ccc4c(c3)C(C)(C)c3ccccc3-4)c3cccc4c3-c3ccccc3C43CCCCC3)c12. The maximum atomic E-state index is 2.78. The van der Waals surface area contributed by atoms with Crippen molar-refractivity contribution in [2.75, 3.05) is 4.90 Å². The Morgan fingerprint density at radius 1 is 0.544 bits per heavy atom. The van der Waals surface area contributed by atoms with Crippen LogP contribution in [0, 0.1) is 17.8 Å². The Morgan fingerprint density at radius 2 is 1.19 bits per heavy atom. The first-order chi connectivity index (χ1) is 28.0. The Morgan fingerprint density at radius 3 is 2.00 bits per heavy atom. The van der Waals surface area contributed by atoms with E-state index in [0.29, 0.717) is 11.8 Å². The second-order valence-corrected chi connectivity index (χ2v) is 19.3. The van der Waals surface area contributed by atoms with Gasteiger partial charge in [0.2, 0.25) is 0 Å². The quantitative estimate of drug-likeness (QED) is 0.174. The topological polar surface area (TPSA) is 3.24 Å². The van der Waals surface area contributed by atoms with Crippen LogP contribution in [0.25, 0.3) is 33.4 Å². The third kappa shape index (κ3) is 4.42. The molecule has 57 heavy (non-hydrogen) atoms. The van der Waals surface area contributed by atoms with Gasteiger partial charge in [-0.3, -0.25) is 0 Å². The molecule has 284 valence electrons. The van der Waals surface area contributed by atoms with E-state index in [2.05, 4.69) is 153 Å². The van der Waals surface area contributed by atoms with Crippen molar-refractivity contribution in [1.29, 1.82) is 0 Å². The molecule has 1 heteroatoms. The third-order valence-electron chi connectivity index (χ3n) is 16.6. The predicted octanol–water partition coefficient (Wildman–Crippen LogP) is 15.2. The van der Waals surface area contributed by atoms with E-state index in [1.807, 2.05) is 0 Å². The molecule has 2 bridgehead atoms. The molecule has 6 aliphatic rings. The molecule has 3 saturated carbocycles. The van der Waals surface area contributed by atoms with Crippen molar-refractivity contribution in [2.24, 2.45) is 17.8 Å². The van der Waals surface area contributed by atoms with E-state index in [0.717, 1.165) is 5.92 Å². The molecule has 6 aliphatic carbocycles. The fraction of sp³-hybridized carbons (Fsp3) is 0.357. The van der Waals surface area contributed by atoms with Crippen LogP contribution in [0.15, 0.2) is 127 Å². The molecule has 6 aromatic rings. The molecule has 0 aliphatic heterocycles. The van der Waals surface area contributed by atoms with Crippen molar-refractivity contribution in [3.05, 3.63) is 161 Å². The minimum absolute atomic E-state index is 0.000866. The van der Waals surface area contributed by atoms with Crippen molar-refractivity contribution >= 4 is 17.1 Å². The van der Waals surface area contributed by atoms with Gasteiger partial charge in [-0.1, -0.05) is 162 Å². The first-order valence-corrected chi connectivity index (χ1v) is 22.5. The van der Waals surface area contributed by atoms with Gasteiger partial charge in [0.05, 0.1) is 11.4 Å². The Bertz CT molecular complexity index is 2600. The summed E-state index contributed by atoms with van der Waals surface area (Å²) in [5.41, 5.74) is 21.9. The summed E-state index contributed by atoms with van der Waals surface area (Å²) in [6, 6.07) is 50.6. The molecule has 0 N–H and O–H groups in total. The summed E-state index contributed by atoms with van der Waals surface area (Å²) < 4.78 is 0. The summed E-state index contributed by atoms with van der Waals surface area (Å²) in [4.78, 5) is 2.78. The zero-order valence-electron chi connectivity index (χ0n) is 34.1. The molecule has 0 amide bonds. The van der Waals surface area contributed by atoms with E-state index in [4.69, 9.17) is 0 Å². The first kappa shape index (κ1) is 34.2. The van der Waals surface area contributed by atoms with Crippen molar-refractivity contribution < 1.29 is 0 Å². The highest BCUT2D eigenvalue weighted by Gasteiger charge is 2.58. The second kappa shape index (κ2) is 12.3. The summed E-state index contributed by atoms with van der Waals surface area (Å²) in [6.07, 6.45) is 14.5. The van der Waals surface area contributed by atoms with Crippen LogP contribution >= 0.6 is 0 Å². The molecule has 4 unspecified atom stereocenters. The highest BCUT2D eigenvalue weighted by atomic mass is 15.2. The minimum atomic E-state index is -0.0884. The second-order valence-electron chi connectivity index (χ2n) is 19.3. The average molecular weight is 742 g/mol. The van der Waals surface area contributed by atoms with Gasteiger partial charge in [0.15, 0.2) is 0 Å². The van der Waals surface area contributed by atoms with E-state index >= 15 is 0 Å². The molecule has 1 nitrogen and oxygen atoms in total. The fourth-order valence-electron chi connectivity index (χ4n) is 14.4. The fourth-order valence-corrected chi connectivity index (χ4v) is 14.4. The van der Waals surface area contributed by atoms with Crippen LogP contribution in [0.5, 0.6) is 0 Å². The van der Waals surface area contributed by atoms with Crippen molar-refractivity contribution in [2.45, 2.75) is 108 Å². The molecule has 0 heterocycles. The minimum Gasteiger partial charge on any atom is -0.310 e. The van der Waals surface area contributed by atoms with Gasteiger partial charge in [0.1, 0.15) is 0 Å². The number of hydrogen-bond acceptors (Lipinski definition) is 1. The normalized spacial score (nSPS) is 25.0. The molecule has 0 aromatic heterocycles. The Balaban J connectivity index is 1.17. The molecule has 2 spiro atoms. The highest BCUT2D eigenvalue weighted by molar-refractivity contribution is 5.99. The van der Waals surface area contributed by atoms with E-state index in [-0.39, 0.29) is 16.2 Å². The van der Waals surface area contributed by atoms with Gasteiger partial charge in [-0.15, -0.1) is 0 Å². The molecule has 6 aromatic carbocycles. The van der Waals surface area contributed by atoms with Crippen LogP contribution in [0.4, 0.5) is 17.1 Å². The van der Waals surface area contributed by atoms with E-state index in [1.165, 1.54) is 132 Å². The molecule has 0 saturated heterocycles. The lowest BCUT2D eigenvalue weighted by atomic mass is 9.49. The first-order valence-electron chi connectivity index (χ1n) is 22.5.